The van der Waals surface area contributed by atoms with Gasteiger partial charge in [0.25, 0.3) is 0 Å². The molecule has 5 nitrogen and oxygen atoms in total. The van der Waals surface area contributed by atoms with Gasteiger partial charge in [-0.1, -0.05) is 6.92 Å². The van der Waals surface area contributed by atoms with Crippen LogP contribution in [0.1, 0.15) is 29.8 Å². The van der Waals surface area contributed by atoms with Gasteiger partial charge in [0.2, 0.25) is 10.0 Å². The average molecular weight is 329 g/mol. The number of aromatic nitrogens is 1. The third-order valence-electron chi connectivity index (χ3n) is 2.88. The van der Waals surface area contributed by atoms with Crippen LogP contribution in [0.4, 0.5) is 10.1 Å². The minimum Gasteiger partial charge on any atom is -0.398 e. The number of nitrogens with zero attached hydrogens (tertiary/aromatic N) is 1. The van der Waals surface area contributed by atoms with Crippen molar-refractivity contribution >= 4 is 27.0 Å². The van der Waals surface area contributed by atoms with Gasteiger partial charge in [-0.15, -0.1) is 11.3 Å². The highest BCUT2D eigenvalue weighted by Gasteiger charge is 2.22. The molecule has 0 amide bonds. The Hall–Kier alpha value is -1.51. The van der Waals surface area contributed by atoms with Gasteiger partial charge in [0.15, 0.2) is 0 Å². The van der Waals surface area contributed by atoms with Crippen molar-refractivity contribution in [2.45, 2.75) is 31.2 Å². The molecule has 1 atom stereocenters. The van der Waals surface area contributed by atoms with E-state index in [1.807, 2.05) is 6.92 Å². The predicted octanol–water partition coefficient (Wildman–Crippen LogP) is 2.47. The first kappa shape index (κ1) is 15.9. The molecular formula is C13H16FN3O2S2. The van der Waals surface area contributed by atoms with Crippen LogP contribution >= 0.6 is 11.3 Å². The average Bonchev–Trinajstić information content (AvgIpc) is 2.86. The zero-order valence-electron chi connectivity index (χ0n) is 11.6. The number of halogens is 1. The first-order valence-electron chi connectivity index (χ1n) is 6.35. The summed E-state index contributed by atoms with van der Waals surface area (Å²) in [7, 11) is -3.83. The number of nitrogens with one attached hydrogen (secondary N) is 1. The number of thiazole rings is 1. The van der Waals surface area contributed by atoms with Gasteiger partial charge in [0.05, 0.1) is 11.7 Å². The summed E-state index contributed by atoms with van der Waals surface area (Å²) in [5, 5.41) is 0.677. The molecule has 0 saturated carbocycles. The summed E-state index contributed by atoms with van der Waals surface area (Å²) in [6.07, 6.45) is 2.58. The van der Waals surface area contributed by atoms with E-state index in [1.54, 1.807) is 13.1 Å². The topological polar surface area (TPSA) is 85.1 Å². The molecule has 0 aliphatic heterocycles. The molecule has 0 bridgehead atoms. The fraction of sp³-hybridized carbons (Fsp3) is 0.308. The van der Waals surface area contributed by atoms with Crippen LogP contribution in [0.3, 0.4) is 0 Å². The zero-order chi connectivity index (χ0) is 15.6. The van der Waals surface area contributed by atoms with Crippen molar-refractivity contribution in [2.75, 3.05) is 5.73 Å². The van der Waals surface area contributed by atoms with Crippen LogP contribution in [0.25, 0.3) is 0 Å². The third kappa shape index (κ3) is 3.58. The highest BCUT2D eigenvalue weighted by Crippen LogP contribution is 2.24. The van der Waals surface area contributed by atoms with E-state index in [0.29, 0.717) is 5.01 Å². The van der Waals surface area contributed by atoms with E-state index in [1.165, 1.54) is 11.3 Å². The Morgan fingerprint density at radius 1 is 1.48 bits per heavy atom. The molecule has 1 heterocycles. The van der Waals surface area contributed by atoms with Gasteiger partial charge in [-0.05, 0) is 31.5 Å². The first-order chi connectivity index (χ1) is 9.83. The monoisotopic (exact) mass is 329 g/mol. The number of sulfonamides is 1. The van der Waals surface area contributed by atoms with Gasteiger partial charge in [0, 0.05) is 11.1 Å². The van der Waals surface area contributed by atoms with Gasteiger partial charge >= 0.3 is 0 Å². The Bertz CT molecular complexity index is 744. The van der Waals surface area contributed by atoms with Crippen molar-refractivity contribution in [3.05, 3.63) is 40.1 Å². The van der Waals surface area contributed by atoms with Crippen molar-refractivity contribution in [1.29, 1.82) is 0 Å². The number of rotatable bonds is 5. The van der Waals surface area contributed by atoms with E-state index >= 15 is 0 Å². The predicted molar refractivity (Wildman–Crippen MR) is 81.0 cm³/mol. The molecule has 0 aliphatic carbocycles. The lowest BCUT2D eigenvalue weighted by molar-refractivity contribution is 0.566. The molecule has 2 rings (SSSR count). The van der Waals surface area contributed by atoms with Gasteiger partial charge in [-0.3, -0.25) is 0 Å². The number of anilines is 1. The minimum absolute atomic E-state index is 0.122. The van der Waals surface area contributed by atoms with E-state index in [0.717, 1.165) is 29.5 Å². The van der Waals surface area contributed by atoms with E-state index in [2.05, 4.69) is 9.71 Å². The zero-order valence-corrected chi connectivity index (χ0v) is 13.3. The number of benzene rings is 1. The first-order valence-corrected chi connectivity index (χ1v) is 8.65. The van der Waals surface area contributed by atoms with E-state index in [-0.39, 0.29) is 10.6 Å². The minimum atomic E-state index is -3.83. The van der Waals surface area contributed by atoms with Crippen LogP contribution in [0.15, 0.2) is 29.3 Å². The van der Waals surface area contributed by atoms with Crippen molar-refractivity contribution in [3.8, 4) is 0 Å². The van der Waals surface area contributed by atoms with Crippen molar-refractivity contribution in [3.63, 3.8) is 0 Å². The van der Waals surface area contributed by atoms with Crippen molar-refractivity contribution < 1.29 is 12.8 Å². The summed E-state index contributed by atoms with van der Waals surface area (Å²) >= 11 is 1.45. The maximum Gasteiger partial charge on any atom is 0.243 e. The molecule has 114 valence electrons. The summed E-state index contributed by atoms with van der Waals surface area (Å²) in [4.78, 5) is 5.15. The lowest BCUT2D eigenvalue weighted by Crippen LogP contribution is -2.27. The molecule has 0 radical (unpaired) electrons. The smallest absolute Gasteiger partial charge is 0.243 e. The lowest BCUT2D eigenvalue weighted by Gasteiger charge is -2.13. The van der Waals surface area contributed by atoms with Crippen LogP contribution in [0.2, 0.25) is 0 Å². The van der Waals surface area contributed by atoms with Crippen LogP contribution in [0, 0.1) is 5.82 Å². The quantitative estimate of drug-likeness (QED) is 0.825. The highest BCUT2D eigenvalue weighted by atomic mass is 32.2. The fourth-order valence-corrected chi connectivity index (χ4v) is 4.05. The van der Waals surface area contributed by atoms with Crippen LogP contribution in [-0.2, 0) is 16.4 Å². The maximum atomic E-state index is 13.0. The number of hydrogen-bond donors (Lipinski definition) is 2. The maximum absolute atomic E-state index is 13.0. The molecule has 1 unspecified atom stereocenters. The molecule has 1 aromatic carbocycles. The largest absolute Gasteiger partial charge is 0.398 e. The molecule has 0 fully saturated rings. The second-order valence-corrected chi connectivity index (χ2v) is 7.37. The molecule has 0 aliphatic rings. The molecule has 3 N–H and O–H groups in total. The fourth-order valence-electron chi connectivity index (χ4n) is 1.80. The summed E-state index contributed by atoms with van der Waals surface area (Å²) in [5.41, 5.74) is 5.45. The summed E-state index contributed by atoms with van der Waals surface area (Å²) in [6.45, 7) is 3.71. The number of hydrogen-bond acceptors (Lipinski definition) is 5. The van der Waals surface area contributed by atoms with Crippen LogP contribution in [-0.4, -0.2) is 13.4 Å². The number of nitrogens with two attached hydrogens (primary N) is 1. The Kier molecular flexibility index (Phi) is 4.60. The van der Waals surface area contributed by atoms with Gasteiger partial charge < -0.3 is 5.73 Å². The van der Waals surface area contributed by atoms with Crippen LogP contribution in [0.5, 0.6) is 0 Å². The SMILES string of the molecule is CCc1cnc(C(C)NS(=O)(=O)c2ccc(F)cc2N)s1. The Balaban J connectivity index is 2.24. The molecule has 2 aromatic rings. The summed E-state index contributed by atoms with van der Waals surface area (Å²) in [5.74, 6) is -0.577. The second kappa shape index (κ2) is 6.08. The molecular weight excluding hydrogens is 313 g/mol. The van der Waals surface area contributed by atoms with E-state index < -0.39 is 21.9 Å². The van der Waals surface area contributed by atoms with Gasteiger partial charge in [-0.25, -0.2) is 22.5 Å². The third-order valence-corrected chi connectivity index (χ3v) is 5.82. The van der Waals surface area contributed by atoms with E-state index in [9.17, 15) is 12.8 Å². The molecule has 1 aromatic heterocycles. The summed E-state index contributed by atoms with van der Waals surface area (Å²) < 4.78 is 40.1. The van der Waals surface area contributed by atoms with Crippen molar-refractivity contribution in [1.82, 2.24) is 9.71 Å². The number of aryl methyl sites for hydroxylation is 1. The van der Waals surface area contributed by atoms with E-state index in [4.69, 9.17) is 5.73 Å². The highest BCUT2D eigenvalue weighted by molar-refractivity contribution is 7.89. The Morgan fingerprint density at radius 3 is 2.76 bits per heavy atom. The molecule has 21 heavy (non-hydrogen) atoms. The normalized spacial score (nSPS) is 13.3. The Morgan fingerprint density at radius 2 is 2.19 bits per heavy atom. The lowest BCUT2D eigenvalue weighted by atomic mass is 10.3. The molecule has 0 saturated heterocycles. The van der Waals surface area contributed by atoms with Gasteiger partial charge in [-0.2, -0.15) is 0 Å². The Labute approximate surface area is 127 Å². The standard InChI is InChI=1S/C13H16FN3O2S2/c1-3-10-7-16-13(20-10)8(2)17-21(18,19)12-5-4-9(14)6-11(12)15/h4-8,17H,3,15H2,1-2H3. The van der Waals surface area contributed by atoms with Crippen molar-refractivity contribution in [2.24, 2.45) is 0 Å². The van der Waals surface area contributed by atoms with Crippen LogP contribution < -0.4 is 10.5 Å². The summed E-state index contributed by atoms with van der Waals surface area (Å²) in [6, 6.07) is 2.72. The molecule has 0 spiro atoms. The molecule has 8 heteroatoms. The second-order valence-electron chi connectivity index (χ2n) is 4.54. The van der Waals surface area contributed by atoms with Gasteiger partial charge in [0.1, 0.15) is 15.7 Å². The number of nitrogen functional groups attached to an aromatic ring is 1.